The van der Waals surface area contributed by atoms with Gasteiger partial charge in [-0.05, 0) is 41.0 Å². The maximum atomic E-state index is 12.8. The normalized spacial score (nSPS) is 17.9. The van der Waals surface area contributed by atoms with Crippen molar-refractivity contribution in [2.24, 2.45) is 0 Å². The van der Waals surface area contributed by atoms with Crippen LogP contribution in [0.15, 0.2) is 85.1 Å². The van der Waals surface area contributed by atoms with Gasteiger partial charge in [0.15, 0.2) is 0 Å². The summed E-state index contributed by atoms with van der Waals surface area (Å²) in [6.07, 6.45) is 0.846. The Balaban J connectivity index is 1.33. The van der Waals surface area contributed by atoms with Gasteiger partial charge in [-0.3, -0.25) is 4.90 Å². The lowest BCUT2D eigenvalue weighted by Crippen LogP contribution is -2.42. The number of likely N-dealkylation sites (tertiary alicyclic amines) is 1. The van der Waals surface area contributed by atoms with Gasteiger partial charge in [0.2, 0.25) is 0 Å². The van der Waals surface area contributed by atoms with E-state index in [1.807, 2.05) is 66.9 Å². The Morgan fingerprint density at radius 1 is 0.971 bits per heavy atom. The quantitative estimate of drug-likeness (QED) is 0.374. The summed E-state index contributed by atoms with van der Waals surface area (Å²) in [6, 6.07) is 25.4. The van der Waals surface area contributed by atoms with Crippen molar-refractivity contribution < 1.29 is 14.6 Å². The molecule has 4 aromatic rings. The van der Waals surface area contributed by atoms with Crippen molar-refractivity contribution in [2.45, 2.75) is 31.8 Å². The molecule has 1 aromatic heterocycles. The van der Waals surface area contributed by atoms with E-state index in [1.165, 1.54) is 0 Å². The number of carbonyl (C=O) groups excluding carboxylic acids is 1. The number of nitrogens with one attached hydrogen (secondary N) is 1. The molecule has 0 radical (unpaired) electrons. The third-order valence-electron chi connectivity index (χ3n) is 6.55. The molecule has 7 heteroatoms. The molecule has 5 rings (SSSR count). The molecule has 3 aromatic carbocycles. The van der Waals surface area contributed by atoms with E-state index in [0.717, 1.165) is 27.6 Å². The highest BCUT2D eigenvalue weighted by Crippen LogP contribution is 2.26. The highest BCUT2D eigenvalue weighted by molar-refractivity contribution is 6.30. The Morgan fingerprint density at radius 2 is 1.77 bits per heavy atom. The van der Waals surface area contributed by atoms with Crippen molar-refractivity contribution in [3.05, 3.63) is 107 Å². The molecule has 1 fully saturated rings. The number of benzene rings is 3. The number of aromatic amines is 1. The zero-order valence-electron chi connectivity index (χ0n) is 19.3. The Morgan fingerprint density at radius 3 is 2.57 bits per heavy atom. The molecular formula is C28H28ClN3O3. The molecule has 1 saturated heterocycles. The summed E-state index contributed by atoms with van der Waals surface area (Å²) in [5.74, 6) is 0. The van der Waals surface area contributed by atoms with Crippen LogP contribution >= 0.6 is 11.6 Å². The molecule has 0 aliphatic carbocycles. The molecular weight excluding hydrogens is 462 g/mol. The zero-order valence-corrected chi connectivity index (χ0v) is 20.1. The van der Waals surface area contributed by atoms with E-state index in [4.69, 9.17) is 16.3 Å². The fraction of sp³-hybridized carbons (Fsp3) is 0.250. The Bertz CT molecular complexity index is 1280. The molecule has 1 amide bonds. The van der Waals surface area contributed by atoms with Gasteiger partial charge in [0.05, 0.1) is 18.7 Å². The minimum Gasteiger partial charge on any atom is -0.445 e. The second-order valence-corrected chi connectivity index (χ2v) is 9.40. The topological polar surface area (TPSA) is 68.8 Å². The van der Waals surface area contributed by atoms with Crippen LogP contribution in [0.4, 0.5) is 4.79 Å². The summed E-state index contributed by atoms with van der Waals surface area (Å²) in [7, 11) is 0. The van der Waals surface area contributed by atoms with Gasteiger partial charge in [-0.25, -0.2) is 4.79 Å². The third kappa shape index (κ3) is 5.51. The molecule has 0 bridgehead atoms. The second kappa shape index (κ2) is 10.5. The van der Waals surface area contributed by atoms with Gasteiger partial charge in [0, 0.05) is 41.8 Å². The number of rotatable bonds is 7. The van der Waals surface area contributed by atoms with Crippen LogP contribution in [0.25, 0.3) is 10.9 Å². The average molecular weight is 490 g/mol. The van der Waals surface area contributed by atoms with Gasteiger partial charge in [0.25, 0.3) is 0 Å². The molecule has 2 N–H and O–H groups in total. The number of aliphatic hydroxyl groups excluding tert-OH is 1. The van der Waals surface area contributed by atoms with Crippen molar-refractivity contribution in [1.82, 2.24) is 14.8 Å². The van der Waals surface area contributed by atoms with Crippen LogP contribution in [0.2, 0.25) is 5.02 Å². The van der Waals surface area contributed by atoms with E-state index in [9.17, 15) is 9.90 Å². The van der Waals surface area contributed by atoms with Gasteiger partial charge >= 0.3 is 6.09 Å². The number of fused-ring (bicyclic) bond motifs is 1. The van der Waals surface area contributed by atoms with Crippen molar-refractivity contribution >= 4 is 28.6 Å². The van der Waals surface area contributed by atoms with Gasteiger partial charge in [-0.1, -0.05) is 66.2 Å². The highest BCUT2D eigenvalue weighted by atomic mass is 35.5. The molecule has 0 saturated carbocycles. The lowest BCUT2D eigenvalue weighted by atomic mass is 10.1. The molecule has 1 aliphatic rings. The maximum absolute atomic E-state index is 12.8. The number of β-amino-alcohol motifs (C(OH)–C–C–N with tert-alkyl or cyclic N) is 1. The first-order valence-corrected chi connectivity index (χ1v) is 12.1. The van der Waals surface area contributed by atoms with Crippen LogP contribution in [-0.2, 0) is 24.4 Å². The standard InChI is InChI=1S/C28H28ClN3O3/c29-23-11-9-20(10-12-23)15-31(16-22-7-4-8-25-24(22)13-14-30-25)26-17-32(18-27(26)33)28(34)35-19-21-5-2-1-3-6-21/h1-14,26-27,30,33H,15-19H2/t26-,27-/m1/s1. The first-order chi connectivity index (χ1) is 17.1. The summed E-state index contributed by atoms with van der Waals surface area (Å²) < 4.78 is 5.52. The molecule has 0 unspecified atom stereocenters. The number of H-pyrrole nitrogens is 1. The summed E-state index contributed by atoms with van der Waals surface area (Å²) >= 11 is 6.09. The van der Waals surface area contributed by atoms with E-state index >= 15 is 0 Å². The summed E-state index contributed by atoms with van der Waals surface area (Å²) in [5.41, 5.74) is 4.26. The molecule has 6 nitrogen and oxygen atoms in total. The van der Waals surface area contributed by atoms with Gasteiger partial charge in [-0.2, -0.15) is 0 Å². The van der Waals surface area contributed by atoms with Gasteiger partial charge < -0.3 is 19.7 Å². The molecule has 35 heavy (non-hydrogen) atoms. The molecule has 1 aliphatic heterocycles. The van der Waals surface area contributed by atoms with E-state index in [0.29, 0.717) is 24.7 Å². The monoisotopic (exact) mass is 489 g/mol. The van der Waals surface area contributed by atoms with E-state index in [1.54, 1.807) is 4.90 Å². The number of hydrogen-bond acceptors (Lipinski definition) is 4. The number of amides is 1. The van der Waals surface area contributed by atoms with Crippen LogP contribution in [0.5, 0.6) is 0 Å². The number of hydrogen-bond donors (Lipinski definition) is 2. The smallest absolute Gasteiger partial charge is 0.410 e. The van der Waals surface area contributed by atoms with Crippen molar-refractivity contribution in [3.63, 3.8) is 0 Å². The van der Waals surface area contributed by atoms with Crippen LogP contribution in [0.3, 0.4) is 0 Å². The van der Waals surface area contributed by atoms with Gasteiger partial charge in [-0.15, -0.1) is 0 Å². The zero-order chi connectivity index (χ0) is 24.2. The van der Waals surface area contributed by atoms with Crippen molar-refractivity contribution in [2.75, 3.05) is 13.1 Å². The highest BCUT2D eigenvalue weighted by Gasteiger charge is 2.38. The van der Waals surface area contributed by atoms with Crippen LogP contribution in [0.1, 0.15) is 16.7 Å². The number of halogens is 1. The second-order valence-electron chi connectivity index (χ2n) is 8.97. The first-order valence-electron chi connectivity index (χ1n) is 11.7. The first kappa shape index (κ1) is 23.4. The Labute approximate surface area is 209 Å². The Hall–Kier alpha value is -3.32. The Kier molecular flexibility index (Phi) is 7.04. The van der Waals surface area contributed by atoms with Gasteiger partial charge in [0.1, 0.15) is 6.61 Å². The third-order valence-corrected chi connectivity index (χ3v) is 6.80. The van der Waals surface area contributed by atoms with Crippen LogP contribution in [0, 0.1) is 0 Å². The lowest BCUT2D eigenvalue weighted by Gasteiger charge is -2.31. The largest absolute Gasteiger partial charge is 0.445 e. The lowest BCUT2D eigenvalue weighted by molar-refractivity contribution is 0.0731. The molecule has 180 valence electrons. The van der Waals surface area contributed by atoms with E-state index in [-0.39, 0.29) is 19.2 Å². The van der Waals surface area contributed by atoms with Crippen molar-refractivity contribution in [3.8, 4) is 0 Å². The molecule has 0 spiro atoms. The average Bonchev–Trinajstić information content (AvgIpc) is 3.51. The number of aliphatic hydroxyl groups is 1. The maximum Gasteiger partial charge on any atom is 0.410 e. The summed E-state index contributed by atoms with van der Waals surface area (Å²) in [6.45, 7) is 2.09. The van der Waals surface area contributed by atoms with E-state index in [2.05, 4.69) is 28.1 Å². The minimum atomic E-state index is -0.683. The molecule has 2 heterocycles. The summed E-state index contributed by atoms with van der Waals surface area (Å²) in [4.78, 5) is 19.9. The fourth-order valence-corrected chi connectivity index (χ4v) is 4.84. The van der Waals surface area contributed by atoms with Crippen molar-refractivity contribution in [1.29, 1.82) is 0 Å². The van der Waals surface area contributed by atoms with Crippen LogP contribution in [-0.4, -0.2) is 51.2 Å². The number of nitrogens with zero attached hydrogens (tertiary/aromatic N) is 2. The number of carbonyl (C=O) groups is 1. The predicted molar refractivity (Wildman–Crippen MR) is 137 cm³/mol. The molecule has 2 atom stereocenters. The fourth-order valence-electron chi connectivity index (χ4n) is 4.71. The minimum absolute atomic E-state index is 0.209. The van der Waals surface area contributed by atoms with E-state index < -0.39 is 12.2 Å². The number of ether oxygens (including phenoxy) is 1. The number of aromatic nitrogens is 1. The summed E-state index contributed by atoms with van der Waals surface area (Å²) in [5, 5.41) is 12.9. The predicted octanol–water partition coefficient (Wildman–Crippen LogP) is 5.21. The SMILES string of the molecule is O=C(OCc1ccccc1)N1C[C@@H](O)[C@H](N(Cc2ccc(Cl)cc2)Cc2cccc3[nH]ccc23)C1. The van der Waals surface area contributed by atoms with Crippen LogP contribution < -0.4 is 0 Å².